The molecule has 0 heterocycles. The Labute approximate surface area is 132 Å². The van der Waals surface area contributed by atoms with Gasteiger partial charge in [0.15, 0.2) is 5.78 Å². The standard InChI is InChI=1S/C17H14BrClO/c18-15-10-12(8-9-16(15)19)17(20)14-7-2-1-6-13(14)11-4-3-5-11/h1-2,6-11H,3-5H2. The van der Waals surface area contributed by atoms with Crippen molar-refractivity contribution >= 4 is 33.3 Å². The van der Waals surface area contributed by atoms with Crippen molar-refractivity contribution in [1.29, 1.82) is 0 Å². The second-order valence-electron chi connectivity index (χ2n) is 5.17. The van der Waals surface area contributed by atoms with E-state index in [1.54, 1.807) is 18.2 Å². The first-order valence-corrected chi connectivity index (χ1v) is 7.92. The smallest absolute Gasteiger partial charge is 0.193 e. The minimum atomic E-state index is 0.0740. The van der Waals surface area contributed by atoms with Gasteiger partial charge in [-0.2, -0.15) is 0 Å². The van der Waals surface area contributed by atoms with Gasteiger partial charge in [0, 0.05) is 15.6 Å². The number of carbonyl (C=O) groups excluding carboxylic acids is 1. The Balaban J connectivity index is 1.99. The minimum absolute atomic E-state index is 0.0740. The third-order valence-electron chi connectivity index (χ3n) is 3.93. The van der Waals surface area contributed by atoms with Gasteiger partial charge in [0.05, 0.1) is 5.02 Å². The maximum atomic E-state index is 12.7. The molecule has 0 saturated heterocycles. The predicted molar refractivity (Wildman–Crippen MR) is 85.6 cm³/mol. The van der Waals surface area contributed by atoms with Gasteiger partial charge in [-0.3, -0.25) is 4.79 Å². The molecule has 1 aliphatic carbocycles. The highest BCUT2D eigenvalue weighted by Gasteiger charge is 2.24. The molecule has 0 unspecified atom stereocenters. The largest absolute Gasteiger partial charge is 0.289 e. The van der Waals surface area contributed by atoms with Crippen LogP contribution < -0.4 is 0 Å². The van der Waals surface area contributed by atoms with Crippen molar-refractivity contribution in [2.24, 2.45) is 0 Å². The van der Waals surface area contributed by atoms with E-state index in [0.717, 1.165) is 10.0 Å². The molecule has 0 radical (unpaired) electrons. The van der Waals surface area contributed by atoms with Gasteiger partial charge >= 0.3 is 0 Å². The van der Waals surface area contributed by atoms with E-state index in [-0.39, 0.29) is 5.78 Å². The molecule has 0 N–H and O–H groups in total. The fourth-order valence-corrected chi connectivity index (χ4v) is 3.07. The average molecular weight is 350 g/mol. The normalized spacial score (nSPS) is 14.9. The molecule has 0 bridgehead atoms. The van der Waals surface area contributed by atoms with E-state index in [1.165, 1.54) is 24.8 Å². The molecule has 2 aromatic rings. The lowest BCUT2D eigenvalue weighted by Gasteiger charge is -2.27. The predicted octanol–water partition coefficient (Wildman–Crippen LogP) is 5.60. The molecule has 1 saturated carbocycles. The van der Waals surface area contributed by atoms with Gasteiger partial charge in [-0.1, -0.05) is 42.3 Å². The van der Waals surface area contributed by atoms with Crippen LogP contribution in [-0.4, -0.2) is 5.78 Å². The first-order valence-electron chi connectivity index (χ1n) is 6.75. The van der Waals surface area contributed by atoms with E-state index in [2.05, 4.69) is 22.0 Å². The molecule has 0 aromatic heterocycles. The van der Waals surface area contributed by atoms with Crippen LogP contribution in [0.4, 0.5) is 0 Å². The van der Waals surface area contributed by atoms with Crippen molar-refractivity contribution in [2.75, 3.05) is 0 Å². The van der Waals surface area contributed by atoms with Gasteiger partial charge in [-0.25, -0.2) is 0 Å². The second-order valence-corrected chi connectivity index (χ2v) is 6.43. The van der Waals surface area contributed by atoms with E-state index in [0.29, 0.717) is 16.5 Å². The van der Waals surface area contributed by atoms with Gasteiger partial charge < -0.3 is 0 Å². The Morgan fingerprint density at radius 3 is 2.55 bits per heavy atom. The SMILES string of the molecule is O=C(c1ccc(Cl)c(Br)c1)c1ccccc1C1CCC1. The summed E-state index contributed by atoms with van der Waals surface area (Å²) in [6, 6.07) is 13.3. The van der Waals surface area contributed by atoms with Crippen molar-refractivity contribution in [1.82, 2.24) is 0 Å². The zero-order chi connectivity index (χ0) is 14.1. The van der Waals surface area contributed by atoms with Crippen LogP contribution in [0.5, 0.6) is 0 Å². The van der Waals surface area contributed by atoms with E-state index < -0.39 is 0 Å². The van der Waals surface area contributed by atoms with E-state index in [4.69, 9.17) is 11.6 Å². The summed E-state index contributed by atoms with van der Waals surface area (Å²) >= 11 is 9.36. The Hall–Kier alpha value is -1.12. The highest BCUT2D eigenvalue weighted by Crippen LogP contribution is 2.38. The van der Waals surface area contributed by atoms with Gasteiger partial charge in [-0.15, -0.1) is 0 Å². The molecule has 0 aliphatic heterocycles. The molecule has 3 heteroatoms. The highest BCUT2D eigenvalue weighted by atomic mass is 79.9. The Kier molecular flexibility index (Phi) is 3.95. The monoisotopic (exact) mass is 348 g/mol. The van der Waals surface area contributed by atoms with E-state index in [1.807, 2.05) is 18.2 Å². The third-order valence-corrected chi connectivity index (χ3v) is 5.15. The Morgan fingerprint density at radius 1 is 1.15 bits per heavy atom. The third kappa shape index (κ3) is 2.55. The second kappa shape index (κ2) is 5.71. The van der Waals surface area contributed by atoms with Crippen molar-refractivity contribution in [3.8, 4) is 0 Å². The van der Waals surface area contributed by atoms with Gasteiger partial charge in [-0.05, 0) is 58.5 Å². The molecule has 20 heavy (non-hydrogen) atoms. The maximum absolute atomic E-state index is 12.7. The van der Waals surface area contributed by atoms with Crippen molar-refractivity contribution in [3.05, 3.63) is 68.7 Å². The zero-order valence-electron chi connectivity index (χ0n) is 10.9. The molecule has 0 atom stereocenters. The molecular formula is C17H14BrClO. The van der Waals surface area contributed by atoms with Crippen molar-refractivity contribution in [3.63, 3.8) is 0 Å². The van der Waals surface area contributed by atoms with Crippen LogP contribution in [-0.2, 0) is 0 Å². The van der Waals surface area contributed by atoms with Gasteiger partial charge in [0.1, 0.15) is 0 Å². The molecule has 1 aliphatic rings. The van der Waals surface area contributed by atoms with Crippen LogP contribution in [0.25, 0.3) is 0 Å². The van der Waals surface area contributed by atoms with Crippen LogP contribution in [0.2, 0.25) is 5.02 Å². The minimum Gasteiger partial charge on any atom is -0.289 e. The summed E-state index contributed by atoms with van der Waals surface area (Å²) in [5.41, 5.74) is 2.69. The molecule has 102 valence electrons. The van der Waals surface area contributed by atoms with E-state index >= 15 is 0 Å². The lowest BCUT2D eigenvalue weighted by molar-refractivity contribution is 0.103. The van der Waals surface area contributed by atoms with Crippen LogP contribution in [0, 0.1) is 0 Å². The average Bonchev–Trinajstić information content (AvgIpc) is 2.40. The fourth-order valence-electron chi connectivity index (χ4n) is 2.57. The zero-order valence-corrected chi connectivity index (χ0v) is 13.2. The summed E-state index contributed by atoms with van der Waals surface area (Å²) in [5, 5.41) is 0.619. The number of benzene rings is 2. The lowest BCUT2D eigenvalue weighted by atomic mass is 9.77. The van der Waals surface area contributed by atoms with Gasteiger partial charge in [0.2, 0.25) is 0 Å². The van der Waals surface area contributed by atoms with E-state index in [9.17, 15) is 4.79 Å². The lowest BCUT2D eigenvalue weighted by Crippen LogP contribution is -2.14. The number of ketones is 1. The summed E-state index contributed by atoms with van der Waals surface area (Å²) in [6.07, 6.45) is 3.64. The number of hydrogen-bond acceptors (Lipinski definition) is 1. The molecular weight excluding hydrogens is 336 g/mol. The number of hydrogen-bond donors (Lipinski definition) is 0. The quantitative estimate of drug-likeness (QED) is 0.659. The van der Waals surface area contributed by atoms with Crippen molar-refractivity contribution in [2.45, 2.75) is 25.2 Å². The number of carbonyl (C=O) groups is 1. The maximum Gasteiger partial charge on any atom is 0.193 e. The van der Waals surface area contributed by atoms with Crippen LogP contribution in [0.3, 0.4) is 0 Å². The summed E-state index contributed by atoms with van der Waals surface area (Å²) < 4.78 is 0.756. The van der Waals surface area contributed by atoms with Crippen LogP contribution in [0.1, 0.15) is 46.7 Å². The molecule has 2 aromatic carbocycles. The summed E-state index contributed by atoms with van der Waals surface area (Å²) in [5.74, 6) is 0.621. The van der Waals surface area contributed by atoms with Crippen LogP contribution >= 0.6 is 27.5 Å². The highest BCUT2D eigenvalue weighted by molar-refractivity contribution is 9.10. The first kappa shape index (κ1) is 13.8. The van der Waals surface area contributed by atoms with Crippen molar-refractivity contribution < 1.29 is 4.79 Å². The topological polar surface area (TPSA) is 17.1 Å². The summed E-state index contributed by atoms with van der Waals surface area (Å²) in [6.45, 7) is 0. The molecule has 3 rings (SSSR count). The van der Waals surface area contributed by atoms with Crippen LogP contribution in [0.15, 0.2) is 46.9 Å². The first-order chi connectivity index (χ1) is 9.66. The Bertz CT molecular complexity index is 662. The van der Waals surface area contributed by atoms with Gasteiger partial charge in [0.25, 0.3) is 0 Å². The molecule has 0 amide bonds. The number of halogens is 2. The molecule has 0 spiro atoms. The summed E-state index contributed by atoms with van der Waals surface area (Å²) in [4.78, 5) is 12.7. The molecule has 1 nitrogen and oxygen atoms in total. The fraction of sp³-hybridized carbons (Fsp3) is 0.235. The Morgan fingerprint density at radius 2 is 1.90 bits per heavy atom. The molecule has 1 fully saturated rings. The number of rotatable bonds is 3. The summed E-state index contributed by atoms with van der Waals surface area (Å²) in [7, 11) is 0.